The van der Waals surface area contributed by atoms with Gasteiger partial charge >= 0.3 is 12.1 Å². The van der Waals surface area contributed by atoms with Gasteiger partial charge in [0.15, 0.2) is 18.2 Å². The van der Waals surface area contributed by atoms with Crippen LogP contribution in [0.3, 0.4) is 0 Å². The largest absolute Gasteiger partial charge is 0.456 e. The monoisotopic (exact) mass is 1030 g/mol. The van der Waals surface area contributed by atoms with Crippen LogP contribution in [-0.4, -0.2) is 141 Å². The summed E-state index contributed by atoms with van der Waals surface area (Å²) in [6.45, 7) is 10.8. The number of alkyl carbamates (subject to hydrolysis) is 1. The topological polar surface area (TPSA) is 249 Å². The lowest BCUT2D eigenvalue weighted by Crippen LogP contribution is -2.80. The highest BCUT2D eigenvalue weighted by molar-refractivity contribution is 5.93. The van der Waals surface area contributed by atoms with E-state index >= 15 is 0 Å². The summed E-state index contributed by atoms with van der Waals surface area (Å²) in [4.78, 5) is 42.9. The Bertz CT molecular complexity index is 2040. The van der Waals surface area contributed by atoms with Gasteiger partial charge in [-0.05, 0) is 89.9 Å². The van der Waals surface area contributed by atoms with E-state index in [4.69, 9.17) is 33.2 Å². The third kappa shape index (κ3) is 13.4. The van der Waals surface area contributed by atoms with Gasteiger partial charge in [0.1, 0.15) is 35.1 Å². The van der Waals surface area contributed by atoms with Gasteiger partial charge in [0.05, 0.1) is 49.6 Å². The van der Waals surface area contributed by atoms with Crippen molar-refractivity contribution in [1.82, 2.24) is 5.32 Å². The van der Waals surface area contributed by atoms with Crippen molar-refractivity contribution < 1.29 is 78.2 Å². The number of aliphatic hydroxyl groups excluding tert-OH is 4. The quantitative estimate of drug-likeness (QED) is 0.0227. The van der Waals surface area contributed by atoms with E-state index in [2.05, 4.69) is 24.4 Å². The summed E-state index contributed by atoms with van der Waals surface area (Å²) >= 11 is 0. The number of fused-ring (bicyclic) bond motifs is 5. The second kappa shape index (κ2) is 25.2. The number of benzene rings is 1. The minimum absolute atomic E-state index is 0.0457. The Balaban J connectivity index is 1.13. The maximum absolute atomic E-state index is 14.9. The van der Waals surface area contributed by atoms with Gasteiger partial charge in [0.25, 0.3) is 6.48 Å². The molecule has 14 atom stereocenters. The Morgan fingerprint density at radius 3 is 2.15 bits per heavy atom. The third-order valence-electron chi connectivity index (χ3n) is 16.2. The molecular formula is C56H87NO16. The molecule has 4 fully saturated rings. The lowest BCUT2D eigenvalue weighted by Gasteiger charge is -2.66. The molecule has 6 rings (SSSR count). The standard InChI is InChI=1S/C56H87NO16/c1-9-10-11-12-13-14-15-16-17-18-19-20-21-22-26-29-41-67-32-37(70-41)33-68-51(64)72-45(43(36-27-24-23-25-28-36)57-50(63)73-52(3,4)5)49(62)71-38-31-56(66)48(61)46-54(8,39(58)30-40-55(46,65)34-69-40)47(60)44(59)42(35(38)2)53(56,6)7/h16-17,23-25,27-28,37-41,43-46,48,51,58-59,61,64-66H,9-15,18-22,26,29-34H2,1-8H3,(H,57,63)/b17-16-/t37?,38-,39-,40+,41?,43-,44+,45+,46-,48-,51?,54+,55-,56?/m0/s1. The predicted octanol–water partition coefficient (Wildman–Crippen LogP) is 6.92. The molecule has 0 aromatic heterocycles. The van der Waals surface area contributed by atoms with Gasteiger partial charge in [0.2, 0.25) is 0 Å². The number of allylic oxidation sites excluding steroid dienone is 2. The number of ketones is 1. The van der Waals surface area contributed by atoms with Crippen LogP contribution in [0.15, 0.2) is 53.6 Å². The van der Waals surface area contributed by atoms with Gasteiger partial charge in [0, 0.05) is 24.2 Å². The van der Waals surface area contributed by atoms with Crippen molar-refractivity contribution in [2.45, 2.75) is 236 Å². The molecule has 2 saturated carbocycles. The number of unbranched alkanes of at least 4 members (excludes halogenated alkanes) is 11. The van der Waals surface area contributed by atoms with Gasteiger partial charge in [-0.25, -0.2) is 9.59 Å². The fourth-order valence-corrected chi connectivity index (χ4v) is 11.9. The van der Waals surface area contributed by atoms with Crippen LogP contribution in [0.4, 0.5) is 4.79 Å². The first kappa shape index (κ1) is 58.9. The number of ether oxygens (including phenoxy) is 7. The molecule has 2 saturated heterocycles. The number of hydrogen-bond donors (Lipinski definition) is 7. The van der Waals surface area contributed by atoms with Crippen LogP contribution in [0, 0.1) is 16.7 Å². The second-order valence-electron chi connectivity index (χ2n) is 22.9. The first-order chi connectivity index (χ1) is 34.5. The van der Waals surface area contributed by atoms with Crippen molar-refractivity contribution in [3.63, 3.8) is 0 Å². The van der Waals surface area contributed by atoms with E-state index in [1.54, 1.807) is 65.0 Å². The fraction of sp³-hybridized carbons (Fsp3) is 0.768. The molecular weight excluding hydrogens is 943 g/mol. The lowest BCUT2D eigenvalue weighted by atomic mass is 9.45. The summed E-state index contributed by atoms with van der Waals surface area (Å²) in [5.41, 5.74) is -8.17. The minimum Gasteiger partial charge on any atom is -0.456 e. The van der Waals surface area contributed by atoms with Gasteiger partial charge in [-0.2, -0.15) is 0 Å². The number of rotatable bonds is 25. The van der Waals surface area contributed by atoms with Crippen LogP contribution >= 0.6 is 0 Å². The number of carbonyl (C=O) groups excluding carboxylic acids is 3. The zero-order chi connectivity index (χ0) is 53.4. The smallest absolute Gasteiger partial charge is 0.408 e. The van der Waals surface area contributed by atoms with Crippen molar-refractivity contribution in [1.29, 1.82) is 0 Å². The molecule has 4 unspecified atom stereocenters. The highest BCUT2D eigenvalue weighted by atomic mass is 16.8. The molecule has 17 nitrogen and oxygen atoms in total. The third-order valence-corrected chi connectivity index (χ3v) is 16.2. The Kier molecular flexibility index (Phi) is 20.4. The first-order valence-electron chi connectivity index (χ1n) is 27.0. The van der Waals surface area contributed by atoms with E-state index in [1.165, 1.54) is 65.2 Å². The van der Waals surface area contributed by atoms with Crippen molar-refractivity contribution in [2.75, 3.05) is 19.8 Å². The number of Topliss-reactive ketones (excluding diaryl/α,β-unsaturated/α-hetero) is 1. The summed E-state index contributed by atoms with van der Waals surface area (Å²) in [5.74, 6) is -3.58. The Labute approximate surface area is 432 Å². The fourth-order valence-electron chi connectivity index (χ4n) is 11.9. The van der Waals surface area contributed by atoms with Crippen molar-refractivity contribution in [2.24, 2.45) is 16.7 Å². The van der Waals surface area contributed by atoms with Crippen LogP contribution in [0.1, 0.15) is 170 Å². The predicted molar refractivity (Wildman–Crippen MR) is 269 cm³/mol. The second-order valence-corrected chi connectivity index (χ2v) is 22.9. The van der Waals surface area contributed by atoms with Crippen LogP contribution in [0.2, 0.25) is 0 Å². The number of nitrogens with one attached hydrogen (secondary N) is 1. The summed E-state index contributed by atoms with van der Waals surface area (Å²) in [6.07, 6.45) is 8.63. The van der Waals surface area contributed by atoms with Gasteiger partial charge in [-0.15, -0.1) is 0 Å². The molecule has 2 bridgehead atoms. The van der Waals surface area contributed by atoms with E-state index < -0.39 is 119 Å². The Hall–Kier alpha value is -3.33. The highest BCUT2D eigenvalue weighted by Crippen LogP contribution is 2.62. The zero-order valence-corrected chi connectivity index (χ0v) is 44.6. The number of hydrogen-bond acceptors (Lipinski definition) is 16. The van der Waals surface area contributed by atoms with Crippen molar-refractivity contribution in [3.05, 3.63) is 59.2 Å². The maximum atomic E-state index is 14.9. The summed E-state index contributed by atoms with van der Waals surface area (Å²) in [5, 5.41) is 74.9. The molecule has 7 N–H and O–H groups in total. The van der Waals surface area contributed by atoms with E-state index in [-0.39, 0.29) is 37.4 Å². The van der Waals surface area contributed by atoms with Crippen LogP contribution in [0.5, 0.6) is 0 Å². The molecule has 1 aromatic rings. The molecule has 17 heteroatoms. The molecule has 5 aliphatic rings. The average molecular weight is 1030 g/mol. The van der Waals surface area contributed by atoms with Gasteiger partial charge in [-0.1, -0.05) is 115 Å². The molecule has 2 heterocycles. The lowest BCUT2D eigenvalue weighted by molar-refractivity contribution is -0.344. The maximum Gasteiger partial charge on any atom is 0.408 e. The number of amides is 1. The molecule has 0 spiro atoms. The molecule has 412 valence electrons. The minimum atomic E-state index is -2.31. The van der Waals surface area contributed by atoms with E-state index in [9.17, 15) is 45.0 Å². The molecule has 0 radical (unpaired) electrons. The number of esters is 1. The van der Waals surface area contributed by atoms with Crippen LogP contribution in [-0.2, 0) is 42.7 Å². The molecule has 2 aliphatic heterocycles. The summed E-state index contributed by atoms with van der Waals surface area (Å²) in [7, 11) is 0. The van der Waals surface area contributed by atoms with Gasteiger partial charge < -0.3 is 69.1 Å². The van der Waals surface area contributed by atoms with Crippen molar-refractivity contribution >= 4 is 17.8 Å². The van der Waals surface area contributed by atoms with Crippen molar-refractivity contribution in [3.8, 4) is 0 Å². The number of aliphatic hydroxyl groups is 6. The van der Waals surface area contributed by atoms with E-state index in [0.29, 0.717) is 12.0 Å². The summed E-state index contributed by atoms with van der Waals surface area (Å²) in [6, 6.07) is 6.90. The molecule has 1 amide bonds. The summed E-state index contributed by atoms with van der Waals surface area (Å²) < 4.78 is 41.0. The average Bonchev–Trinajstić information content (AvgIpc) is 3.79. The normalized spacial score (nSPS) is 33.2. The SMILES string of the molecule is CCCCCCCC/C=C\CCCCCCCC1OCC(COC(O)O[C@@H](C(=O)O[C@H]2CC3(O)[C@@H](O)[C@@H]4[C@]5(O)CO[C@@H]5C[C@H](O)[C@@]4(C)C(=O)[C@H](O)C(=C2C)C3(C)C)[C@@H](NC(=O)OC(C)(C)C)c2ccccc2)O1. The van der Waals surface area contributed by atoms with Gasteiger partial charge in [-0.3, -0.25) is 4.79 Å². The Morgan fingerprint density at radius 2 is 1.53 bits per heavy atom. The molecule has 73 heavy (non-hydrogen) atoms. The van der Waals surface area contributed by atoms with Crippen LogP contribution in [0.25, 0.3) is 0 Å². The Morgan fingerprint density at radius 1 is 0.904 bits per heavy atom. The van der Waals surface area contributed by atoms with E-state index in [0.717, 1.165) is 32.1 Å². The highest BCUT2D eigenvalue weighted by Gasteiger charge is 2.75. The zero-order valence-electron chi connectivity index (χ0n) is 44.6. The molecule has 1 aromatic carbocycles. The van der Waals surface area contributed by atoms with E-state index in [1.807, 2.05) is 0 Å². The first-order valence-corrected chi connectivity index (χ1v) is 27.0. The molecule has 3 aliphatic carbocycles. The van der Waals surface area contributed by atoms with Crippen LogP contribution < -0.4 is 5.32 Å². The number of carbonyl (C=O) groups is 3.